The standard InChI is InChI=1S/C18H21N3O2/c1-22-17-9-7-15(8-10-17)18-16(11-19-21-18)12-20-23-13-14-5-3-2-4-6-14/h2-10,12,16,18-19,21H,11,13H2,1H3/b20-12+. The molecule has 0 bridgehead atoms. The lowest BCUT2D eigenvalue weighted by atomic mass is 9.96. The second-order valence-corrected chi connectivity index (χ2v) is 5.45. The van der Waals surface area contributed by atoms with Crippen molar-refractivity contribution in [3.8, 4) is 5.75 Å². The van der Waals surface area contributed by atoms with Crippen molar-refractivity contribution in [2.75, 3.05) is 13.7 Å². The van der Waals surface area contributed by atoms with Crippen molar-refractivity contribution in [1.29, 1.82) is 0 Å². The number of nitrogens with zero attached hydrogens (tertiary/aromatic N) is 1. The van der Waals surface area contributed by atoms with Crippen molar-refractivity contribution in [2.45, 2.75) is 12.6 Å². The highest BCUT2D eigenvalue weighted by molar-refractivity contribution is 5.62. The van der Waals surface area contributed by atoms with E-state index in [1.165, 1.54) is 5.56 Å². The summed E-state index contributed by atoms with van der Waals surface area (Å²) in [7, 11) is 1.67. The lowest BCUT2D eigenvalue weighted by Crippen LogP contribution is -2.25. The predicted octanol–water partition coefficient (Wildman–Crippen LogP) is 2.66. The predicted molar refractivity (Wildman–Crippen MR) is 90.1 cm³/mol. The zero-order valence-corrected chi connectivity index (χ0v) is 13.1. The zero-order valence-electron chi connectivity index (χ0n) is 13.1. The Hall–Kier alpha value is -2.37. The highest BCUT2D eigenvalue weighted by Gasteiger charge is 2.27. The van der Waals surface area contributed by atoms with Gasteiger partial charge in [0, 0.05) is 12.5 Å². The van der Waals surface area contributed by atoms with Crippen LogP contribution >= 0.6 is 0 Å². The number of hydrogen-bond acceptors (Lipinski definition) is 5. The summed E-state index contributed by atoms with van der Waals surface area (Å²) in [5.74, 6) is 1.09. The van der Waals surface area contributed by atoms with Gasteiger partial charge < -0.3 is 9.57 Å². The van der Waals surface area contributed by atoms with E-state index in [0.717, 1.165) is 17.9 Å². The van der Waals surface area contributed by atoms with Gasteiger partial charge in [-0.25, -0.2) is 5.43 Å². The second kappa shape index (κ2) is 7.76. The molecule has 0 aromatic heterocycles. The Labute approximate surface area is 136 Å². The normalized spacial score (nSPS) is 20.7. The number of benzene rings is 2. The molecule has 1 saturated heterocycles. The molecule has 0 radical (unpaired) electrons. The van der Waals surface area contributed by atoms with E-state index in [4.69, 9.17) is 9.57 Å². The van der Waals surface area contributed by atoms with E-state index < -0.39 is 0 Å². The molecule has 5 heteroatoms. The van der Waals surface area contributed by atoms with E-state index in [9.17, 15) is 0 Å². The Kier molecular flexibility index (Phi) is 5.24. The lowest BCUT2D eigenvalue weighted by Gasteiger charge is -2.15. The molecule has 1 aliphatic rings. The third kappa shape index (κ3) is 4.09. The molecule has 2 aromatic rings. The molecule has 0 amide bonds. The van der Waals surface area contributed by atoms with Gasteiger partial charge >= 0.3 is 0 Å². The average Bonchev–Trinajstić information content (AvgIpc) is 3.08. The zero-order chi connectivity index (χ0) is 15.9. The molecule has 23 heavy (non-hydrogen) atoms. The average molecular weight is 311 g/mol. The highest BCUT2D eigenvalue weighted by Crippen LogP contribution is 2.25. The molecule has 0 aliphatic carbocycles. The molecular formula is C18H21N3O2. The monoisotopic (exact) mass is 311 g/mol. The first-order chi connectivity index (χ1) is 11.4. The molecule has 1 fully saturated rings. The van der Waals surface area contributed by atoms with E-state index in [1.54, 1.807) is 7.11 Å². The summed E-state index contributed by atoms with van der Waals surface area (Å²) >= 11 is 0. The fraction of sp³-hybridized carbons (Fsp3) is 0.278. The van der Waals surface area contributed by atoms with Crippen molar-refractivity contribution < 1.29 is 9.57 Å². The minimum absolute atomic E-state index is 0.171. The maximum atomic E-state index is 5.40. The van der Waals surface area contributed by atoms with Crippen molar-refractivity contribution in [1.82, 2.24) is 10.9 Å². The Morgan fingerprint density at radius 2 is 1.91 bits per heavy atom. The summed E-state index contributed by atoms with van der Waals surface area (Å²) in [6, 6.07) is 18.3. The van der Waals surface area contributed by atoms with Crippen LogP contribution in [0.5, 0.6) is 5.75 Å². The molecule has 5 nitrogen and oxygen atoms in total. The van der Waals surface area contributed by atoms with Gasteiger partial charge in [-0.05, 0) is 23.3 Å². The molecule has 120 valence electrons. The largest absolute Gasteiger partial charge is 0.497 e. The van der Waals surface area contributed by atoms with Crippen LogP contribution in [0.25, 0.3) is 0 Å². The number of hydrazine groups is 1. The number of oxime groups is 1. The van der Waals surface area contributed by atoms with Gasteiger partial charge in [-0.1, -0.05) is 47.6 Å². The molecule has 0 spiro atoms. The Morgan fingerprint density at radius 1 is 1.13 bits per heavy atom. The molecule has 1 aliphatic heterocycles. The van der Waals surface area contributed by atoms with E-state index in [0.29, 0.717) is 6.61 Å². The van der Waals surface area contributed by atoms with Gasteiger partial charge in [0.15, 0.2) is 0 Å². The summed E-state index contributed by atoms with van der Waals surface area (Å²) in [4.78, 5) is 5.40. The Bertz CT molecular complexity index is 628. The van der Waals surface area contributed by atoms with E-state index in [1.807, 2.05) is 48.7 Å². The summed E-state index contributed by atoms with van der Waals surface area (Å²) in [5.41, 5.74) is 8.76. The van der Waals surface area contributed by atoms with Gasteiger partial charge in [0.1, 0.15) is 12.4 Å². The Morgan fingerprint density at radius 3 is 2.65 bits per heavy atom. The maximum absolute atomic E-state index is 5.40. The van der Waals surface area contributed by atoms with Crippen molar-refractivity contribution in [3.63, 3.8) is 0 Å². The molecule has 3 rings (SSSR count). The second-order valence-electron chi connectivity index (χ2n) is 5.45. The molecule has 2 unspecified atom stereocenters. The van der Waals surface area contributed by atoms with Gasteiger partial charge in [0.2, 0.25) is 0 Å². The van der Waals surface area contributed by atoms with Crippen LogP contribution in [0.15, 0.2) is 59.8 Å². The SMILES string of the molecule is COc1ccc(C2NNCC2/C=N/OCc2ccccc2)cc1. The third-order valence-electron chi connectivity index (χ3n) is 3.90. The summed E-state index contributed by atoms with van der Waals surface area (Å²) in [5, 5.41) is 4.13. The first-order valence-electron chi connectivity index (χ1n) is 7.68. The van der Waals surface area contributed by atoms with Crippen LogP contribution in [0.4, 0.5) is 0 Å². The number of methoxy groups -OCH3 is 1. The molecular weight excluding hydrogens is 290 g/mol. The van der Waals surface area contributed by atoms with Crippen molar-refractivity contribution >= 4 is 6.21 Å². The van der Waals surface area contributed by atoms with Crippen LogP contribution in [0.1, 0.15) is 17.2 Å². The number of ether oxygens (including phenoxy) is 1. The van der Waals surface area contributed by atoms with E-state index in [-0.39, 0.29) is 12.0 Å². The van der Waals surface area contributed by atoms with Crippen LogP contribution in [-0.2, 0) is 11.4 Å². The first kappa shape index (κ1) is 15.5. The topological polar surface area (TPSA) is 54.9 Å². The number of nitrogens with one attached hydrogen (secondary N) is 2. The quantitative estimate of drug-likeness (QED) is 0.636. The van der Waals surface area contributed by atoms with E-state index in [2.05, 4.69) is 28.1 Å². The smallest absolute Gasteiger partial charge is 0.142 e. The van der Waals surface area contributed by atoms with Crippen LogP contribution < -0.4 is 15.6 Å². The highest BCUT2D eigenvalue weighted by atomic mass is 16.6. The third-order valence-corrected chi connectivity index (χ3v) is 3.90. The number of hydrogen-bond donors (Lipinski definition) is 2. The first-order valence-corrected chi connectivity index (χ1v) is 7.68. The van der Waals surface area contributed by atoms with Crippen LogP contribution in [-0.4, -0.2) is 19.9 Å². The fourth-order valence-corrected chi connectivity index (χ4v) is 2.60. The molecule has 0 saturated carbocycles. The summed E-state index contributed by atoms with van der Waals surface area (Å²) in [6.07, 6.45) is 1.87. The van der Waals surface area contributed by atoms with Crippen molar-refractivity contribution in [3.05, 3.63) is 65.7 Å². The molecule has 2 atom stereocenters. The van der Waals surface area contributed by atoms with Crippen LogP contribution in [0.3, 0.4) is 0 Å². The Balaban J connectivity index is 1.56. The maximum Gasteiger partial charge on any atom is 0.142 e. The number of rotatable bonds is 6. The summed E-state index contributed by atoms with van der Waals surface area (Å²) in [6.45, 7) is 1.30. The van der Waals surface area contributed by atoms with Gasteiger partial charge in [0.05, 0.1) is 19.4 Å². The van der Waals surface area contributed by atoms with E-state index >= 15 is 0 Å². The minimum Gasteiger partial charge on any atom is -0.497 e. The van der Waals surface area contributed by atoms with Crippen LogP contribution in [0.2, 0.25) is 0 Å². The lowest BCUT2D eigenvalue weighted by molar-refractivity contribution is 0.130. The molecule has 2 aromatic carbocycles. The van der Waals surface area contributed by atoms with Crippen LogP contribution in [0, 0.1) is 5.92 Å². The van der Waals surface area contributed by atoms with Crippen molar-refractivity contribution in [2.24, 2.45) is 11.1 Å². The molecule has 2 N–H and O–H groups in total. The summed E-state index contributed by atoms with van der Waals surface area (Å²) < 4.78 is 5.20. The van der Waals surface area contributed by atoms with Gasteiger partial charge in [-0.2, -0.15) is 0 Å². The fourth-order valence-electron chi connectivity index (χ4n) is 2.60. The van der Waals surface area contributed by atoms with Gasteiger partial charge in [-0.15, -0.1) is 0 Å². The minimum atomic E-state index is 0.171. The molecule has 1 heterocycles. The van der Waals surface area contributed by atoms with Gasteiger partial charge in [0.25, 0.3) is 0 Å². The van der Waals surface area contributed by atoms with Gasteiger partial charge in [-0.3, -0.25) is 5.43 Å².